The first-order valence-corrected chi connectivity index (χ1v) is 44.3. The molecule has 0 aliphatic carbocycles. The van der Waals surface area contributed by atoms with Crippen molar-refractivity contribution in [2.45, 2.75) is 268 Å². The maximum absolute atomic E-state index is 13.5. The highest BCUT2D eigenvalue weighted by Crippen LogP contribution is 2.23. The summed E-state index contributed by atoms with van der Waals surface area (Å²) in [6.07, 6.45) is 7.81. The number of nitrogens with two attached hydrogens (primary N) is 7. The van der Waals surface area contributed by atoms with Crippen molar-refractivity contribution >= 4 is 99.6 Å². The molecule has 0 aliphatic heterocycles. The molecule has 12 atom stereocenters. The van der Waals surface area contributed by atoms with Crippen LogP contribution >= 0.6 is 0 Å². The highest BCUT2D eigenvalue weighted by atomic mass is 16.3. The molecule has 6 amide bonds. The summed E-state index contributed by atoms with van der Waals surface area (Å²) in [5.41, 5.74) is 40.7. The Morgan fingerprint density at radius 3 is 0.889 bits per heavy atom. The lowest BCUT2D eigenvalue weighted by molar-refractivity contribution is -0.136. The summed E-state index contributed by atoms with van der Waals surface area (Å²) >= 11 is 0. The summed E-state index contributed by atoms with van der Waals surface area (Å²) in [4.78, 5) is 194. The number of benzene rings is 3. The number of carbonyl (C=O) groups is 14. The van der Waals surface area contributed by atoms with Gasteiger partial charge in [0.05, 0.1) is 79.9 Å². The molecule has 0 aliphatic rings. The molecule has 0 bridgehead atoms. The summed E-state index contributed by atoms with van der Waals surface area (Å²) in [5.74, 6) is -11.8. The van der Waals surface area contributed by atoms with E-state index in [1.165, 1.54) is 6.92 Å². The van der Waals surface area contributed by atoms with Crippen molar-refractivity contribution in [1.82, 2.24) is 31.9 Å². The topological polar surface area (TPSA) is 591 Å². The number of aliphatic hydroxyl groups is 3. The van der Waals surface area contributed by atoms with Gasteiger partial charge in [-0.05, 0) is 106 Å². The molecule has 0 spiro atoms. The molecule has 3 rings (SSSR count). The number of nitrogens with zero attached hydrogens (tertiary/aromatic N) is 3. The number of rotatable bonds is 61. The Bertz CT molecular complexity index is 3940. The minimum absolute atomic E-state index is 0.00101. The zero-order chi connectivity index (χ0) is 95.3. The van der Waals surface area contributed by atoms with Gasteiger partial charge in [-0.25, -0.2) is 0 Å². The van der Waals surface area contributed by atoms with Gasteiger partial charge in [0, 0.05) is 87.7 Å². The molecule has 0 unspecified atom stereocenters. The van der Waals surface area contributed by atoms with E-state index in [2.05, 4.69) is 53.8 Å². The van der Waals surface area contributed by atoms with Crippen LogP contribution in [-0.4, -0.2) is 197 Å². The van der Waals surface area contributed by atoms with Crippen LogP contribution in [0.3, 0.4) is 0 Å². The second kappa shape index (κ2) is 62.6. The van der Waals surface area contributed by atoms with Crippen molar-refractivity contribution in [2.24, 2.45) is 120 Å². The number of ketones is 8. The third-order valence-electron chi connectivity index (χ3n) is 21.2. The fourth-order valence-electron chi connectivity index (χ4n) is 13.8. The molecule has 0 radical (unpaired) electrons. The van der Waals surface area contributed by atoms with Gasteiger partial charge in [0.1, 0.15) is 11.6 Å². The second-order valence-electron chi connectivity index (χ2n) is 34.4. The fourth-order valence-corrected chi connectivity index (χ4v) is 13.8. The molecule has 704 valence electrons. The predicted molar refractivity (Wildman–Crippen MR) is 490 cm³/mol. The Morgan fingerprint density at radius 1 is 0.341 bits per heavy atom. The maximum Gasteiger partial charge on any atom is 0.237 e. The quantitative estimate of drug-likeness (QED) is 0.0202. The van der Waals surface area contributed by atoms with Crippen LogP contribution in [0.5, 0.6) is 0 Å². The lowest BCUT2D eigenvalue weighted by atomic mass is 9.89. The number of nitrogens with one attached hydrogen (secondary N) is 6. The molecule has 33 heteroatoms. The van der Waals surface area contributed by atoms with Crippen LogP contribution < -0.4 is 72.0 Å². The Morgan fingerprint density at radius 2 is 0.619 bits per heavy atom. The summed E-state index contributed by atoms with van der Waals surface area (Å²) in [7, 11) is 0. The molecule has 3 aromatic rings. The minimum atomic E-state index is -1.11. The molecule has 0 saturated heterocycles. The first-order chi connectivity index (χ1) is 59.4. The molecular weight excluding hydrogens is 1610 g/mol. The largest absolute Gasteiger partial charge is 0.396 e. The SMILES string of the molecule is CC(=O)C[C@@H](CCCN=C(N)N)C(=O)N[C@H](C(=O)C[C@@H](CO)C(=O)N[C@@H](Cc1ccccc1)C(=O)C(C)C)C(C)C.CC(C)C(=O)[C@H](Cc1ccccc1)NC(=O)[C@H](CO)CC(=O)[C@@H](NC(=O)[C@@H](N)CCCN=C(N)N)C(C)C.CCCCCCCC(=O)C[C@@H](CCCN=C(N)N)C(=O)N[C@H](C(=O)C[C@@H](CO)C(=O)N[C@@H](Cc1ccccc1)C(=O)C(C)C)C(C)C. The molecular formula is C93H150N16O17. The van der Waals surface area contributed by atoms with Crippen molar-refractivity contribution in [2.75, 3.05) is 39.5 Å². The second-order valence-corrected chi connectivity index (χ2v) is 34.4. The number of hydrogen-bond donors (Lipinski definition) is 16. The summed E-state index contributed by atoms with van der Waals surface area (Å²) in [6.45, 7) is 23.8. The van der Waals surface area contributed by atoms with Crippen LogP contribution in [0.4, 0.5) is 0 Å². The van der Waals surface area contributed by atoms with Gasteiger partial charge in [0.15, 0.2) is 52.6 Å². The van der Waals surface area contributed by atoms with Gasteiger partial charge in [0.25, 0.3) is 0 Å². The molecule has 0 fully saturated rings. The lowest BCUT2D eigenvalue weighted by Gasteiger charge is -2.26. The molecule has 0 heterocycles. The van der Waals surface area contributed by atoms with Crippen LogP contribution in [0.2, 0.25) is 0 Å². The van der Waals surface area contributed by atoms with Crippen molar-refractivity contribution in [1.29, 1.82) is 0 Å². The lowest BCUT2D eigenvalue weighted by Crippen LogP contribution is -2.52. The highest BCUT2D eigenvalue weighted by molar-refractivity contribution is 5.99. The molecule has 126 heavy (non-hydrogen) atoms. The Hall–Kier alpha value is -10.5. The van der Waals surface area contributed by atoms with Crippen LogP contribution in [0, 0.1) is 65.1 Å². The van der Waals surface area contributed by atoms with Crippen LogP contribution in [0.15, 0.2) is 106 Å². The highest BCUT2D eigenvalue weighted by Gasteiger charge is 2.38. The number of carbonyl (C=O) groups excluding carboxylic acids is 14. The maximum atomic E-state index is 13.5. The van der Waals surface area contributed by atoms with E-state index in [-0.39, 0.29) is 127 Å². The van der Waals surface area contributed by atoms with Gasteiger partial charge in [-0.15, -0.1) is 0 Å². The number of amides is 6. The van der Waals surface area contributed by atoms with E-state index in [1.807, 2.05) is 91.0 Å². The number of guanidine groups is 3. The smallest absolute Gasteiger partial charge is 0.237 e. The van der Waals surface area contributed by atoms with Crippen molar-refractivity contribution in [3.05, 3.63) is 108 Å². The predicted octanol–water partition coefficient (Wildman–Crippen LogP) is 4.96. The Balaban J connectivity index is 0.000000951. The third kappa shape index (κ3) is 46.6. The fraction of sp³-hybridized carbons (Fsp3) is 0.624. The van der Waals surface area contributed by atoms with Gasteiger partial charge in [-0.2, -0.15) is 0 Å². The van der Waals surface area contributed by atoms with Crippen molar-refractivity contribution in [3.8, 4) is 0 Å². The average molecular weight is 1760 g/mol. The molecule has 33 nitrogen and oxygen atoms in total. The Labute approximate surface area is 745 Å². The average Bonchev–Trinajstić information content (AvgIpc) is 0.857. The first-order valence-electron chi connectivity index (χ1n) is 44.3. The van der Waals surface area contributed by atoms with Crippen LogP contribution in [0.1, 0.15) is 223 Å². The number of hydrogen-bond acceptors (Lipinski definition) is 21. The van der Waals surface area contributed by atoms with Gasteiger partial charge in [-0.3, -0.25) is 77.3 Å². The van der Waals surface area contributed by atoms with Crippen LogP contribution in [-0.2, 0) is 86.4 Å². The standard InChI is InChI=1S/C36H59N5O6.C30H47N5O6.C27H44N6O5/c1-6-7-8-9-13-18-29(43)21-27(17-14-19-39-36(37)38)34(46)41-32(24(2)3)31(44)22-28(23-42)35(47)40-30(33(45)25(4)5)20-26-15-11-10-12-16-26;1-18(2)26(35-28(40)22(14-20(5)37)12-9-13-33-30(31)32)25(38)16-23(17-36)29(41)34-24(27(39)19(3)4)15-21-10-7-6-8-11-21;1-16(2)23(33-26(38)20(28)11-8-12-31-27(29)30)22(35)14-19(15-34)25(37)32-21(24(36)17(3)4)13-18-9-6-5-7-10-18/h10-12,15-16,24-25,27-28,30,32,42H,6-9,13-14,17-23H2,1-5H3,(H,40,47)(H,41,46)(H4,37,38,39);6-8,10-11,18-19,22-24,26,36H,9,12-17H2,1-5H3,(H,34,41)(H,35,40)(H4,31,32,33);5-7,9-10,16-17,19-21,23,34H,8,11-15,28H2,1-4H3,(H,32,37)(H,33,38)(H4,29,30,31)/t27-,28+,30+,32+;22-,23+,24+,26+;19-,20-,21-,23-/m110/s1. The number of aliphatic imine (C=N–C) groups is 3. The van der Waals surface area contributed by atoms with E-state index >= 15 is 0 Å². The van der Waals surface area contributed by atoms with E-state index in [0.29, 0.717) is 71.0 Å². The number of Topliss-reactive ketones (excluding diaryl/α,β-unsaturated/α-hetero) is 8. The minimum Gasteiger partial charge on any atom is -0.396 e. The summed E-state index contributed by atoms with van der Waals surface area (Å²) < 4.78 is 0. The van der Waals surface area contributed by atoms with Crippen LogP contribution in [0.25, 0.3) is 0 Å². The zero-order valence-electron chi connectivity index (χ0n) is 76.9. The van der Waals surface area contributed by atoms with E-state index in [0.717, 1.165) is 48.8 Å². The van der Waals surface area contributed by atoms with Gasteiger partial charge in [-0.1, -0.05) is 207 Å². The molecule has 3 aromatic carbocycles. The molecule has 23 N–H and O–H groups in total. The van der Waals surface area contributed by atoms with Crippen molar-refractivity contribution in [3.63, 3.8) is 0 Å². The van der Waals surface area contributed by atoms with Gasteiger partial charge >= 0.3 is 0 Å². The normalized spacial score (nSPS) is 14.0. The van der Waals surface area contributed by atoms with E-state index in [4.69, 9.17) is 40.1 Å². The third-order valence-corrected chi connectivity index (χ3v) is 21.2. The van der Waals surface area contributed by atoms with Gasteiger partial charge < -0.3 is 92.2 Å². The summed E-state index contributed by atoms with van der Waals surface area (Å²) in [6, 6.07) is 21.7. The number of unbranched alkanes of at least 4 members (excludes halogenated alkanes) is 4. The Kier molecular flexibility index (Phi) is 56.4. The van der Waals surface area contributed by atoms with Crippen molar-refractivity contribution < 1.29 is 82.4 Å². The zero-order valence-corrected chi connectivity index (χ0v) is 76.9. The molecule has 0 aromatic heterocycles. The number of aliphatic hydroxyl groups excluding tert-OH is 3. The van der Waals surface area contributed by atoms with E-state index < -0.39 is 144 Å². The first kappa shape index (κ1) is 113. The van der Waals surface area contributed by atoms with E-state index in [9.17, 15) is 82.4 Å². The van der Waals surface area contributed by atoms with Gasteiger partial charge in [0.2, 0.25) is 35.4 Å². The summed E-state index contributed by atoms with van der Waals surface area (Å²) in [5, 5.41) is 46.5. The monoisotopic (exact) mass is 1760 g/mol. The van der Waals surface area contributed by atoms with E-state index in [1.54, 1.807) is 83.1 Å². The molecule has 0 saturated carbocycles.